The topological polar surface area (TPSA) is 146 Å². The van der Waals surface area contributed by atoms with Crippen LogP contribution in [0.15, 0.2) is 38.5 Å². The van der Waals surface area contributed by atoms with Crippen molar-refractivity contribution in [1.82, 2.24) is 0 Å². The molecule has 1 heterocycles. The van der Waals surface area contributed by atoms with E-state index < -0.39 is 26.0 Å². The van der Waals surface area contributed by atoms with E-state index in [9.17, 15) is 21.6 Å². The molecule has 0 atom stereocenters. The number of aryl methyl sites for hydroxylation is 2. The molecule has 2 rings (SSSR count). The normalized spacial score (nSPS) is 12.0. The summed E-state index contributed by atoms with van der Waals surface area (Å²) in [6, 6.07) is 4.95. The Morgan fingerprint density at radius 3 is 2.36 bits per heavy atom. The van der Waals surface area contributed by atoms with Gasteiger partial charge in [-0.05, 0) is 32.0 Å². The van der Waals surface area contributed by atoms with Crippen molar-refractivity contribution in [3.8, 4) is 0 Å². The maximum atomic E-state index is 12.7. The fourth-order valence-corrected chi connectivity index (χ4v) is 4.28. The Bertz CT molecular complexity index is 1040. The number of hydrogen-bond donors (Lipinski definition) is 2. The van der Waals surface area contributed by atoms with Gasteiger partial charge in [-0.2, -0.15) is 0 Å². The Balaban J connectivity index is 2.54. The molecule has 136 valence electrons. The lowest BCUT2D eigenvalue weighted by Gasteiger charge is -2.10. The highest BCUT2D eigenvalue weighted by Crippen LogP contribution is 2.29. The number of carbonyl (C=O) groups excluding carboxylic acids is 1. The molecular formula is C14H16N2O7S2. The number of sulfonamides is 2. The molecule has 0 amide bonds. The molecule has 0 unspecified atom stereocenters. The first-order valence-corrected chi connectivity index (χ1v) is 9.84. The first kappa shape index (κ1) is 19.0. The summed E-state index contributed by atoms with van der Waals surface area (Å²) in [5.41, 5.74) is -0.268. The Morgan fingerprint density at radius 2 is 1.80 bits per heavy atom. The molecule has 3 N–H and O–H groups in total. The molecule has 11 heteroatoms. The summed E-state index contributed by atoms with van der Waals surface area (Å²) in [4.78, 5) is 11.2. The highest BCUT2D eigenvalue weighted by atomic mass is 32.2. The van der Waals surface area contributed by atoms with E-state index in [4.69, 9.17) is 9.56 Å². The number of primary sulfonamides is 1. The van der Waals surface area contributed by atoms with Crippen LogP contribution in [-0.2, 0) is 24.8 Å². The largest absolute Gasteiger partial charge is 0.465 e. The third kappa shape index (κ3) is 3.83. The fraction of sp³-hybridized carbons (Fsp3) is 0.214. The van der Waals surface area contributed by atoms with E-state index in [0.29, 0.717) is 0 Å². The fourth-order valence-electron chi connectivity index (χ4n) is 2.27. The number of hydrogen-bond acceptors (Lipinski definition) is 7. The number of nitrogens with one attached hydrogen (secondary N) is 1. The van der Waals surface area contributed by atoms with Crippen molar-refractivity contribution in [2.24, 2.45) is 5.14 Å². The molecule has 0 bridgehead atoms. The quantitative estimate of drug-likeness (QED) is 0.730. The van der Waals surface area contributed by atoms with Gasteiger partial charge in [0.05, 0.1) is 17.7 Å². The van der Waals surface area contributed by atoms with Gasteiger partial charge >= 0.3 is 5.97 Å². The van der Waals surface area contributed by atoms with E-state index in [-0.39, 0.29) is 32.6 Å². The number of methoxy groups -OCH3 is 1. The highest BCUT2D eigenvalue weighted by Gasteiger charge is 2.31. The number of esters is 1. The van der Waals surface area contributed by atoms with Gasteiger partial charge in [-0.25, -0.2) is 26.8 Å². The second-order valence-corrected chi connectivity index (χ2v) is 8.27. The molecule has 0 fully saturated rings. The first-order chi connectivity index (χ1) is 11.5. The summed E-state index contributed by atoms with van der Waals surface area (Å²) in [7, 11) is -7.14. The molecule has 0 aliphatic carbocycles. The van der Waals surface area contributed by atoms with Crippen LogP contribution in [0.1, 0.15) is 21.9 Å². The highest BCUT2D eigenvalue weighted by molar-refractivity contribution is 7.93. The Labute approximate surface area is 144 Å². The Kier molecular flexibility index (Phi) is 4.93. The molecule has 1 aromatic heterocycles. The third-order valence-corrected chi connectivity index (χ3v) is 5.72. The van der Waals surface area contributed by atoms with E-state index in [1.807, 2.05) is 0 Å². The summed E-state index contributed by atoms with van der Waals surface area (Å²) in [6.45, 7) is 2.81. The van der Waals surface area contributed by atoms with Crippen molar-refractivity contribution in [2.45, 2.75) is 23.6 Å². The van der Waals surface area contributed by atoms with E-state index in [1.54, 1.807) is 0 Å². The molecule has 0 aliphatic rings. The molecule has 1 aromatic carbocycles. The number of rotatable bonds is 5. The van der Waals surface area contributed by atoms with E-state index >= 15 is 0 Å². The maximum absolute atomic E-state index is 12.7. The molecule has 25 heavy (non-hydrogen) atoms. The molecule has 2 aromatic rings. The second-order valence-electron chi connectivity index (χ2n) is 5.09. The van der Waals surface area contributed by atoms with Crippen LogP contribution in [0, 0.1) is 13.8 Å². The molecule has 0 saturated heterocycles. The Morgan fingerprint density at radius 1 is 1.16 bits per heavy atom. The van der Waals surface area contributed by atoms with Gasteiger partial charge in [0, 0.05) is 0 Å². The second kappa shape index (κ2) is 6.50. The minimum absolute atomic E-state index is 0.00648. The average molecular weight is 388 g/mol. The lowest BCUT2D eigenvalue weighted by atomic mass is 10.2. The third-order valence-electron chi connectivity index (χ3n) is 3.28. The molecular weight excluding hydrogens is 372 g/mol. The average Bonchev–Trinajstić information content (AvgIpc) is 2.80. The van der Waals surface area contributed by atoms with Gasteiger partial charge in [-0.15, -0.1) is 0 Å². The summed E-state index contributed by atoms with van der Waals surface area (Å²) >= 11 is 0. The van der Waals surface area contributed by atoms with Crippen molar-refractivity contribution in [3.63, 3.8) is 0 Å². The predicted octanol–water partition coefficient (Wildman–Crippen LogP) is 1.13. The van der Waals surface area contributed by atoms with Crippen LogP contribution in [0.4, 0.5) is 5.69 Å². The van der Waals surface area contributed by atoms with Gasteiger partial charge in [0.1, 0.15) is 22.0 Å². The standard InChI is InChI=1S/C14H16N2O7S2/c1-8-12(14(17)22-3)13(9(2)23-8)25(20,21)16-10-5-4-6-11(7-10)24(15,18)19/h4-7,16H,1-3H3,(H2,15,18,19). The van der Waals surface area contributed by atoms with Gasteiger partial charge < -0.3 is 9.15 Å². The molecule has 0 radical (unpaired) electrons. The van der Waals surface area contributed by atoms with Gasteiger partial charge in [-0.1, -0.05) is 6.07 Å². The van der Waals surface area contributed by atoms with Crippen molar-refractivity contribution in [2.75, 3.05) is 11.8 Å². The van der Waals surface area contributed by atoms with E-state index in [0.717, 1.165) is 13.2 Å². The molecule has 9 nitrogen and oxygen atoms in total. The van der Waals surface area contributed by atoms with Crippen molar-refractivity contribution < 1.29 is 30.8 Å². The van der Waals surface area contributed by atoms with Gasteiger partial charge in [0.2, 0.25) is 10.0 Å². The number of furan rings is 1. The van der Waals surface area contributed by atoms with Crippen LogP contribution in [0.25, 0.3) is 0 Å². The van der Waals surface area contributed by atoms with Crippen molar-refractivity contribution in [1.29, 1.82) is 0 Å². The zero-order chi connectivity index (χ0) is 19.0. The van der Waals surface area contributed by atoms with Crippen LogP contribution in [-0.4, -0.2) is 29.9 Å². The van der Waals surface area contributed by atoms with Crippen LogP contribution >= 0.6 is 0 Å². The van der Waals surface area contributed by atoms with E-state index in [2.05, 4.69) is 9.46 Å². The summed E-state index contributed by atoms with van der Waals surface area (Å²) in [5.74, 6) is -0.788. The molecule has 0 saturated carbocycles. The molecule has 0 aliphatic heterocycles. The van der Waals surface area contributed by atoms with Gasteiger partial charge in [0.25, 0.3) is 10.0 Å². The van der Waals surface area contributed by atoms with Gasteiger partial charge in [0.15, 0.2) is 0 Å². The number of carbonyl (C=O) groups is 1. The smallest absolute Gasteiger partial charge is 0.342 e. The summed E-state index contributed by atoms with van der Waals surface area (Å²) < 4.78 is 60.2. The SMILES string of the molecule is COC(=O)c1c(C)oc(C)c1S(=O)(=O)Nc1cccc(S(N)(=O)=O)c1. The minimum Gasteiger partial charge on any atom is -0.465 e. The lowest BCUT2D eigenvalue weighted by molar-refractivity contribution is 0.0595. The summed E-state index contributed by atoms with van der Waals surface area (Å²) in [6.07, 6.45) is 0. The van der Waals surface area contributed by atoms with Gasteiger partial charge in [-0.3, -0.25) is 4.72 Å². The first-order valence-electron chi connectivity index (χ1n) is 6.81. The Hall–Kier alpha value is -2.37. The van der Waals surface area contributed by atoms with Crippen LogP contribution in [0.3, 0.4) is 0 Å². The maximum Gasteiger partial charge on any atom is 0.342 e. The van der Waals surface area contributed by atoms with Crippen LogP contribution in [0.2, 0.25) is 0 Å². The number of anilines is 1. The van der Waals surface area contributed by atoms with Crippen LogP contribution in [0.5, 0.6) is 0 Å². The number of benzene rings is 1. The zero-order valence-electron chi connectivity index (χ0n) is 13.6. The lowest BCUT2D eigenvalue weighted by Crippen LogP contribution is -2.18. The summed E-state index contributed by atoms with van der Waals surface area (Å²) in [5, 5.41) is 5.03. The predicted molar refractivity (Wildman–Crippen MR) is 88.1 cm³/mol. The minimum atomic E-state index is -4.25. The van der Waals surface area contributed by atoms with Crippen molar-refractivity contribution in [3.05, 3.63) is 41.3 Å². The molecule has 0 spiro atoms. The van der Waals surface area contributed by atoms with Crippen molar-refractivity contribution >= 4 is 31.7 Å². The van der Waals surface area contributed by atoms with Crippen LogP contribution < -0.4 is 9.86 Å². The van der Waals surface area contributed by atoms with E-state index in [1.165, 1.54) is 32.0 Å². The zero-order valence-corrected chi connectivity index (χ0v) is 15.2. The number of ether oxygens (including phenoxy) is 1. The monoisotopic (exact) mass is 388 g/mol. The number of nitrogens with two attached hydrogens (primary N) is 1.